The molecule has 0 aliphatic rings. The molecule has 0 aliphatic heterocycles. The van der Waals surface area contributed by atoms with Crippen LogP contribution in [0.4, 0.5) is 5.95 Å². The summed E-state index contributed by atoms with van der Waals surface area (Å²) in [5.41, 5.74) is 0. The summed E-state index contributed by atoms with van der Waals surface area (Å²) >= 11 is 0. The van der Waals surface area contributed by atoms with E-state index in [1.165, 1.54) is 0 Å². The van der Waals surface area contributed by atoms with Gasteiger partial charge in [-0.15, -0.1) is 0 Å². The van der Waals surface area contributed by atoms with E-state index in [-0.39, 0.29) is 0 Å². The fraction of sp³-hybridized carbons (Fsp3) is 0.500. The lowest BCUT2D eigenvalue weighted by Crippen LogP contribution is -2.14. The Kier molecular flexibility index (Phi) is 3.80. The van der Waals surface area contributed by atoms with Crippen molar-refractivity contribution in [3.05, 3.63) is 31.1 Å². The minimum Gasteiger partial charge on any atom is -0.354 e. The second-order valence-electron chi connectivity index (χ2n) is 4.52. The number of rotatable bonds is 6. The number of nitrogens with zero attached hydrogens (tertiary/aromatic N) is 4. The lowest BCUT2D eigenvalue weighted by molar-refractivity contribution is 0.525. The van der Waals surface area contributed by atoms with Crippen LogP contribution in [0.5, 0.6) is 0 Å². The Bertz CT molecular complexity index is 429. The van der Waals surface area contributed by atoms with Crippen LogP contribution in [0.25, 0.3) is 0 Å². The Balaban J connectivity index is 1.84. The van der Waals surface area contributed by atoms with Crippen molar-refractivity contribution in [2.24, 2.45) is 5.92 Å². The van der Waals surface area contributed by atoms with Crippen LogP contribution in [0.15, 0.2) is 31.1 Å². The number of anilines is 1. The van der Waals surface area contributed by atoms with E-state index < -0.39 is 0 Å². The summed E-state index contributed by atoms with van der Waals surface area (Å²) in [6.45, 7) is 7.15. The minimum atomic E-state index is 0.624. The van der Waals surface area contributed by atoms with E-state index >= 15 is 0 Å². The van der Waals surface area contributed by atoms with E-state index in [0.29, 0.717) is 5.92 Å². The smallest absolute Gasteiger partial charge is 0.202 e. The van der Waals surface area contributed by atoms with E-state index in [2.05, 4.69) is 33.7 Å². The molecule has 0 atom stereocenters. The van der Waals surface area contributed by atoms with Gasteiger partial charge < -0.3 is 14.5 Å². The molecule has 2 aromatic heterocycles. The summed E-state index contributed by atoms with van der Waals surface area (Å²) in [4.78, 5) is 8.32. The first kappa shape index (κ1) is 11.7. The van der Waals surface area contributed by atoms with E-state index in [0.717, 1.165) is 25.6 Å². The van der Waals surface area contributed by atoms with Gasteiger partial charge in [0.25, 0.3) is 0 Å². The van der Waals surface area contributed by atoms with Gasteiger partial charge in [0.15, 0.2) is 0 Å². The predicted octanol–water partition coefficient (Wildman–Crippen LogP) is 1.85. The second-order valence-corrected chi connectivity index (χ2v) is 4.52. The predicted molar refractivity (Wildman–Crippen MR) is 67.8 cm³/mol. The van der Waals surface area contributed by atoms with Crippen LogP contribution in [0.1, 0.15) is 13.8 Å². The molecule has 0 unspecified atom stereocenters. The first-order valence-electron chi connectivity index (χ1n) is 5.96. The van der Waals surface area contributed by atoms with Gasteiger partial charge in [-0.05, 0) is 5.92 Å². The Hall–Kier alpha value is -1.78. The zero-order chi connectivity index (χ0) is 12.1. The van der Waals surface area contributed by atoms with E-state index in [1.807, 2.05) is 29.5 Å². The Morgan fingerprint density at radius 2 is 2.18 bits per heavy atom. The molecule has 0 aliphatic carbocycles. The average Bonchev–Trinajstić information content (AvgIpc) is 2.90. The van der Waals surface area contributed by atoms with Crippen molar-refractivity contribution in [1.82, 2.24) is 19.1 Å². The molecule has 5 heteroatoms. The Morgan fingerprint density at radius 3 is 2.88 bits per heavy atom. The van der Waals surface area contributed by atoms with Gasteiger partial charge in [-0.1, -0.05) is 13.8 Å². The monoisotopic (exact) mass is 233 g/mol. The highest BCUT2D eigenvalue weighted by molar-refractivity contribution is 5.25. The fourth-order valence-corrected chi connectivity index (χ4v) is 1.73. The van der Waals surface area contributed by atoms with Gasteiger partial charge in [-0.25, -0.2) is 9.97 Å². The van der Waals surface area contributed by atoms with Crippen molar-refractivity contribution in [3.63, 3.8) is 0 Å². The number of aromatic nitrogens is 4. The quantitative estimate of drug-likeness (QED) is 0.828. The normalized spacial score (nSPS) is 11.0. The molecule has 5 nitrogen and oxygen atoms in total. The maximum absolute atomic E-state index is 4.32. The maximum Gasteiger partial charge on any atom is 0.202 e. The molecule has 92 valence electrons. The van der Waals surface area contributed by atoms with Gasteiger partial charge in [0.2, 0.25) is 5.95 Å². The lowest BCUT2D eigenvalue weighted by Gasteiger charge is -2.11. The minimum absolute atomic E-state index is 0.624. The topological polar surface area (TPSA) is 47.7 Å². The highest BCUT2D eigenvalue weighted by atomic mass is 15.2. The summed E-state index contributed by atoms with van der Waals surface area (Å²) in [6.07, 6.45) is 9.42. The first-order chi connectivity index (χ1) is 8.25. The van der Waals surface area contributed by atoms with Crippen molar-refractivity contribution in [3.8, 4) is 0 Å². The van der Waals surface area contributed by atoms with Gasteiger partial charge in [0, 0.05) is 44.4 Å². The second kappa shape index (κ2) is 5.52. The van der Waals surface area contributed by atoms with Crippen LogP contribution in [-0.4, -0.2) is 25.6 Å². The molecule has 0 bridgehead atoms. The van der Waals surface area contributed by atoms with Gasteiger partial charge in [-0.3, -0.25) is 0 Å². The molecule has 0 aromatic carbocycles. The van der Waals surface area contributed by atoms with Crippen LogP contribution >= 0.6 is 0 Å². The van der Waals surface area contributed by atoms with Crippen LogP contribution in [0.3, 0.4) is 0 Å². The number of hydrogen-bond donors (Lipinski definition) is 1. The molecular formula is C12H19N5. The molecule has 2 heterocycles. The largest absolute Gasteiger partial charge is 0.354 e. The summed E-state index contributed by atoms with van der Waals surface area (Å²) in [5.74, 6) is 1.57. The number of nitrogens with one attached hydrogen (secondary N) is 1. The first-order valence-corrected chi connectivity index (χ1v) is 5.96. The summed E-state index contributed by atoms with van der Waals surface area (Å²) < 4.78 is 4.20. The number of imidazole rings is 2. The van der Waals surface area contributed by atoms with Crippen molar-refractivity contribution in [2.75, 3.05) is 11.9 Å². The van der Waals surface area contributed by atoms with Crippen LogP contribution in [0.2, 0.25) is 0 Å². The summed E-state index contributed by atoms with van der Waals surface area (Å²) in [5, 5.41) is 3.34. The third-order valence-corrected chi connectivity index (χ3v) is 2.49. The van der Waals surface area contributed by atoms with Crippen molar-refractivity contribution in [1.29, 1.82) is 0 Å². The van der Waals surface area contributed by atoms with E-state index in [9.17, 15) is 0 Å². The SMILES string of the molecule is CC(C)Cn1ccnc1NCCn1ccnc1. The molecule has 0 spiro atoms. The van der Waals surface area contributed by atoms with Gasteiger partial charge in [0.05, 0.1) is 6.33 Å². The van der Waals surface area contributed by atoms with Crippen molar-refractivity contribution in [2.45, 2.75) is 26.9 Å². The van der Waals surface area contributed by atoms with Crippen LogP contribution in [0, 0.1) is 5.92 Å². The standard InChI is InChI=1S/C12H19N5/c1-11(2)9-17-8-5-15-12(17)14-4-7-16-6-3-13-10-16/h3,5-6,8,10-11H,4,7,9H2,1-2H3,(H,14,15). The zero-order valence-corrected chi connectivity index (χ0v) is 10.4. The van der Waals surface area contributed by atoms with Crippen molar-refractivity contribution >= 4 is 5.95 Å². The number of hydrogen-bond acceptors (Lipinski definition) is 3. The maximum atomic E-state index is 4.32. The van der Waals surface area contributed by atoms with Gasteiger partial charge >= 0.3 is 0 Å². The molecular weight excluding hydrogens is 214 g/mol. The van der Waals surface area contributed by atoms with Crippen LogP contribution in [-0.2, 0) is 13.1 Å². The summed E-state index contributed by atoms with van der Waals surface area (Å²) in [7, 11) is 0. The zero-order valence-electron chi connectivity index (χ0n) is 10.4. The highest BCUT2D eigenvalue weighted by Crippen LogP contribution is 2.07. The molecule has 0 saturated carbocycles. The fourth-order valence-electron chi connectivity index (χ4n) is 1.73. The molecule has 2 rings (SSSR count). The average molecular weight is 233 g/mol. The van der Waals surface area contributed by atoms with Crippen LogP contribution < -0.4 is 5.32 Å². The molecule has 17 heavy (non-hydrogen) atoms. The molecule has 0 radical (unpaired) electrons. The van der Waals surface area contributed by atoms with E-state index in [4.69, 9.17) is 0 Å². The molecule has 0 saturated heterocycles. The summed E-state index contributed by atoms with van der Waals surface area (Å²) in [6, 6.07) is 0. The molecule has 0 fully saturated rings. The molecule has 1 N–H and O–H groups in total. The van der Waals surface area contributed by atoms with Gasteiger partial charge in [0.1, 0.15) is 0 Å². The lowest BCUT2D eigenvalue weighted by atomic mass is 10.2. The molecule has 2 aromatic rings. The van der Waals surface area contributed by atoms with E-state index in [1.54, 1.807) is 6.20 Å². The third-order valence-electron chi connectivity index (χ3n) is 2.49. The molecule has 0 amide bonds. The van der Waals surface area contributed by atoms with Gasteiger partial charge in [-0.2, -0.15) is 0 Å². The Labute approximate surface area is 102 Å². The Morgan fingerprint density at radius 1 is 1.29 bits per heavy atom. The third kappa shape index (κ3) is 3.34. The highest BCUT2D eigenvalue weighted by Gasteiger charge is 2.03. The van der Waals surface area contributed by atoms with Crippen molar-refractivity contribution < 1.29 is 0 Å².